The number of carbonyl (C=O) groups excluding carboxylic acids is 1. The molecule has 186 valence electrons. The summed E-state index contributed by atoms with van der Waals surface area (Å²) < 4.78 is 11.6. The van der Waals surface area contributed by atoms with Gasteiger partial charge in [-0.2, -0.15) is 5.26 Å². The first-order chi connectivity index (χ1) is 17.2. The predicted molar refractivity (Wildman–Crippen MR) is 145 cm³/mol. The van der Waals surface area contributed by atoms with Gasteiger partial charge in [0, 0.05) is 36.3 Å². The Morgan fingerprint density at radius 3 is 2.69 bits per heavy atom. The molecule has 0 radical (unpaired) electrons. The molecule has 1 amide bonds. The van der Waals surface area contributed by atoms with E-state index in [9.17, 15) is 10.1 Å². The van der Waals surface area contributed by atoms with Crippen LogP contribution in [0.5, 0.6) is 5.75 Å². The number of hydrogen-bond acceptors (Lipinski definition) is 6. The lowest BCUT2D eigenvalue weighted by atomic mass is 9.51. The standard InChI is InChI=1S/C27H33B2N3O4/c1-16(2)18-7-9-19(10-8-18)20-12-22(21(13-30)24-25(20)35-15-27(24,28)29)31-14-17(3)26(33)32-36-23-6-4-5-11-34-23/h7-10,12,16,23,31H,3-6,11,14-15,28-29H2,1-2H3,(H,32,33). The van der Waals surface area contributed by atoms with Crippen LogP contribution < -0.4 is 15.5 Å². The Morgan fingerprint density at radius 1 is 1.31 bits per heavy atom. The van der Waals surface area contributed by atoms with Crippen molar-refractivity contribution in [2.45, 2.75) is 50.5 Å². The zero-order chi connectivity index (χ0) is 25.9. The van der Waals surface area contributed by atoms with Gasteiger partial charge in [0.05, 0.1) is 17.9 Å². The normalized spacial score (nSPS) is 18.1. The maximum absolute atomic E-state index is 12.5. The second kappa shape index (κ2) is 10.8. The number of nitrogens with one attached hydrogen (secondary N) is 2. The van der Waals surface area contributed by atoms with Crippen molar-refractivity contribution in [1.29, 1.82) is 5.26 Å². The molecule has 1 fully saturated rings. The average Bonchev–Trinajstić information content (AvgIpc) is 3.20. The molecule has 4 rings (SSSR count). The highest BCUT2D eigenvalue weighted by atomic mass is 16.8. The second-order valence-corrected chi connectivity index (χ2v) is 10.4. The summed E-state index contributed by atoms with van der Waals surface area (Å²) in [5.74, 6) is 0.755. The molecule has 1 unspecified atom stereocenters. The van der Waals surface area contributed by atoms with Crippen LogP contribution in [0.25, 0.3) is 11.1 Å². The topological polar surface area (TPSA) is 92.6 Å². The van der Waals surface area contributed by atoms with E-state index in [-0.39, 0.29) is 17.3 Å². The van der Waals surface area contributed by atoms with Gasteiger partial charge in [-0.15, -0.1) is 0 Å². The van der Waals surface area contributed by atoms with Crippen molar-refractivity contribution in [3.05, 3.63) is 59.2 Å². The van der Waals surface area contributed by atoms with Crippen LogP contribution in [0.3, 0.4) is 0 Å². The van der Waals surface area contributed by atoms with E-state index in [4.69, 9.17) is 14.3 Å². The molecule has 2 aliphatic rings. The van der Waals surface area contributed by atoms with E-state index in [0.29, 0.717) is 30.4 Å². The van der Waals surface area contributed by atoms with Gasteiger partial charge >= 0.3 is 0 Å². The Bertz CT molecular complexity index is 1180. The monoisotopic (exact) mass is 485 g/mol. The Morgan fingerprint density at radius 2 is 2.06 bits per heavy atom. The zero-order valence-electron chi connectivity index (χ0n) is 21.6. The van der Waals surface area contributed by atoms with Gasteiger partial charge in [0.15, 0.2) is 6.29 Å². The summed E-state index contributed by atoms with van der Waals surface area (Å²) in [7, 11) is 4.15. The quantitative estimate of drug-likeness (QED) is 0.340. The third-order valence-electron chi connectivity index (χ3n) is 6.77. The Labute approximate surface area is 215 Å². The number of rotatable bonds is 8. The van der Waals surface area contributed by atoms with Gasteiger partial charge in [-0.3, -0.25) is 4.79 Å². The van der Waals surface area contributed by atoms with Gasteiger partial charge in [0.1, 0.15) is 27.5 Å². The van der Waals surface area contributed by atoms with Crippen LogP contribution in [0, 0.1) is 11.3 Å². The molecule has 0 bridgehead atoms. The molecular formula is C27H33B2N3O4. The first kappa shape index (κ1) is 25.9. The van der Waals surface area contributed by atoms with Crippen molar-refractivity contribution in [3.8, 4) is 22.9 Å². The molecule has 0 aromatic heterocycles. The van der Waals surface area contributed by atoms with Gasteiger partial charge in [-0.05, 0) is 41.2 Å². The lowest BCUT2D eigenvalue weighted by Gasteiger charge is -2.22. The number of nitrogens with zero attached hydrogens (tertiary/aromatic N) is 1. The van der Waals surface area contributed by atoms with Crippen molar-refractivity contribution in [2.24, 2.45) is 0 Å². The van der Waals surface area contributed by atoms with Gasteiger partial charge < -0.3 is 14.8 Å². The number of amides is 1. The van der Waals surface area contributed by atoms with Crippen LogP contribution in [-0.4, -0.2) is 47.6 Å². The SMILES string of the molecule is BC1(B)COc2c(-c3ccc(C(C)C)cc3)cc(NCC(=C)C(=O)NOC3CCCCO3)c(C#N)c21. The summed E-state index contributed by atoms with van der Waals surface area (Å²) in [4.78, 5) is 17.9. The Kier molecular flexibility index (Phi) is 7.77. The number of ether oxygens (including phenoxy) is 2. The number of carbonyl (C=O) groups is 1. The van der Waals surface area contributed by atoms with Gasteiger partial charge in [0.25, 0.3) is 5.91 Å². The predicted octanol–water partition coefficient (Wildman–Crippen LogP) is 2.70. The summed E-state index contributed by atoms with van der Waals surface area (Å²) >= 11 is 0. The molecular weight excluding hydrogens is 452 g/mol. The zero-order valence-corrected chi connectivity index (χ0v) is 21.6. The molecule has 2 aromatic carbocycles. The molecule has 9 heteroatoms. The van der Waals surface area contributed by atoms with E-state index >= 15 is 0 Å². The van der Waals surface area contributed by atoms with Crippen LogP contribution in [0.4, 0.5) is 5.69 Å². The molecule has 7 nitrogen and oxygen atoms in total. The molecule has 1 atom stereocenters. The number of fused-ring (bicyclic) bond motifs is 1. The van der Waals surface area contributed by atoms with Crippen LogP contribution >= 0.6 is 0 Å². The van der Waals surface area contributed by atoms with Crippen molar-refractivity contribution in [1.82, 2.24) is 5.48 Å². The maximum atomic E-state index is 12.5. The van der Waals surface area contributed by atoms with E-state index in [1.807, 2.05) is 6.07 Å². The largest absolute Gasteiger partial charge is 0.493 e. The fraction of sp³-hybridized carbons (Fsp3) is 0.407. The molecule has 2 N–H and O–H groups in total. The molecule has 1 saturated heterocycles. The summed E-state index contributed by atoms with van der Waals surface area (Å²) in [6, 6.07) is 12.7. The number of benzene rings is 2. The summed E-state index contributed by atoms with van der Waals surface area (Å²) in [6.07, 6.45) is 2.31. The van der Waals surface area contributed by atoms with Crippen LogP contribution in [0.1, 0.15) is 55.7 Å². The third kappa shape index (κ3) is 5.45. The lowest BCUT2D eigenvalue weighted by Crippen LogP contribution is -2.34. The number of hydroxylamine groups is 1. The summed E-state index contributed by atoms with van der Waals surface area (Å²) in [5.41, 5.74) is 7.95. The van der Waals surface area contributed by atoms with E-state index in [2.05, 4.69) is 77.3 Å². The minimum absolute atomic E-state index is 0.154. The number of nitriles is 1. The first-order valence-electron chi connectivity index (χ1n) is 12.5. The van der Waals surface area contributed by atoms with E-state index in [1.165, 1.54) is 5.56 Å². The van der Waals surface area contributed by atoms with Gasteiger partial charge in [0.2, 0.25) is 0 Å². The first-order valence-corrected chi connectivity index (χ1v) is 12.5. The van der Waals surface area contributed by atoms with Crippen LogP contribution in [0.2, 0.25) is 0 Å². The minimum atomic E-state index is -0.433. The summed E-state index contributed by atoms with van der Waals surface area (Å²) in [5, 5.41) is 13.0. The minimum Gasteiger partial charge on any atom is -0.493 e. The lowest BCUT2D eigenvalue weighted by molar-refractivity contribution is -0.198. The van der Waals surface area contributed by atoms with Gasteiger partial charge in [-0.1, -0.05) is 44.7 Å². The van der Waals surface area contributed by atoms with Crippen molar-refractivity contribution in [3.63, 3.8) is 0 Å². The molecule has 0 saturated carbocycles. The Balaban J connectivity index is 1.57. The molecule has 2 aliphatic heterocycles. The van der Waals surface area contributed by atoms with Crippen molar-refractivity contribution < 1.29 is 19.1 Å². The molecule has 36 heavy (non-hydrogen) atoms. The maximum Gasteiger partial charge on any atom is 0.272 e. The smallest absolute Gasteiger partial charge is 0.272 e. The second-order valence-electron chi connectivity index (χ2n) is 10.4. The van der Waals surface area contributed by atoms with E-state index in [0.717, 1.165) is 41.7 Å². The molecule has 0 spiro atoms. The average molecular weight is 485 g/mol. The molecule has 0 aliphatic carbocycles. The van der Waals surface area contributed by atoms with E-state index < -0.39 is 12.2 Å². The van der Waals surface area contributed by atoms with E-state index in [1.54, 1.807) is 0 Å². The van der Waals surface area contributed by atoms with Crippen LogP contribution in [-0.2, 0) is 19.6 Å². The van der Waals surface area contributed by atoms with Crippen molar-refractivity contribution >= 4 is 27.3 Å². The number of anilines is 1. The highest BCUT2D eigenvalue weighted by molar-refractivity contribution is 6.41. The Hall–Kier alpha value is -3.21. The highest BCUT2D eigenvalue weighted by Crippen LogP contribution is 2.47. The van der Waals surface area contributed by atoms with Crippen LogP contribution in [0.15, 0.2) is 42.5 Å². The molecule has 2 heterocycles. The summed E-state index contributed by atoms with van der Waals surface area (Å²) in [6.45, 7) is 9.50. The number of hydrogen-bond donors (Lipinski definition) is 2. The fourth-order valence-electron chi connectivity index (χ4n) is 4.58. The highest BCUT2D eigenvalue weighted by Gasteiger charge is 2.37. The van der Waals surface area contributed by atoms with Gasteiger partial charge in [-0.25, -0.2) is 10.3 Å². The fourth-order valence-corrected chi connectivity index (χ4v) is 4.58. The van der Waals surface area contributed by atoms with Crippen molar-refractivity contribution in [2.75, 3.05) is 25.1 Å². The molecule has 2 aromatic rings. The third-order valence-corrected chi connectivity index (χ3v) is 6.77.